The zero-order chi connectivity index (χ0) is 15.6. The van der Waals surface area contributed by atoms with Crippen molar-refractivity contribution in [2.24, 2.45) is 0 Å². The molecule has 1 aromatic heterocycles. The highest BCUT2D eigenvalue weighted by Crippen LogP contribution is 2.28. The number of nitrogens with zero attached hydrogens (tertiary/aromatic N) is 2. The van der Waals surface area contributed by atoms with Crippen LogP contribution < -0.4 is 5.32 Å². The fraction of sp³-hybridized carbons (Fsp3) is 0.400. The molecule has 0 amide bonds. The molecule has 1 atom stereocenters. The largest absolute Gasteiger partial charge is 0.311 e. The number of aromatic nitrogens is 2. The van der Waals surface area contributed by atoms with Gasteiger partial charge in [-0.05, 0) is 45.0 Å². The highest BCUT2D eigenvalue weighted by atomic mass is 35.5. The first kappa shape index (κ1) is 15.9. The molecule has 0 aliphatic rings. The van der Waals surface area contributed by atoms with Crippen LogP contribution in [0.2, 0.25) is 5.02 Å². The molecule has 0 bridgehead atoms. The van der Waals surface area contributed by atoms with Crippen LogP contribution in [0.5, 0.6) is 0 Å². The summed E-state index contributed by atoms with van der Waals surface area (Å²) in [6, 6.07) is 3.95. The fourth-order valence-electron chi connectivity index (χ4n) is 2.33. The molecule has 0 fully saturated rings. The average Bonchev–Trinajstić information content (AvgIpc) is 2.82. The van der Waals surface area contributed by atoms with Crippen LogP contribution >= 0.6 is 11.6 Å². The van der Waals surface area contributed by atoms with Crippen molar-refractivity contribution < 1.29 is 8.78 Å². The number of benzene rings is 1. The van der Waals surface area contributed by atoms with E-state index in [1.54, 1.807) is 19.3 Å². The van der Waals surface area contributed by atoms with Crippen LogP contribution in [-0.4, -0.2) is 16.8 Å². The van der Waals surface area contributed by atoms with Crippen molar-refractivity contribution in [3.05, 3.63) is 52.3 Å². The number of nitrogens with one attached hydrogen (secondary N) is 1. The van der Waals surface area contributed by atoms with Gasteiger partial charge in [-0.1, -0.05) is 17.7 Å². The molecule has 0 saturated heterocycles. The Morgan fingerprint density at radius 1 is 1.29 bits per heavy atom. The van der Waals surface area contributed by atoms with E-state index < -0.39 is 11.6 Å². The molecule has 0 radical (unpaired) electrons. The molecule has 0 saturated carbocycles. The Balaban J connectivity index is 2.32. The van der Waals surface area contributed by atoms with Crippen LogP contribution in [-0.2, 0) is 6.42 Å². The van der Waals surface area contributed by atoms with E-state index in [1.807, 2.05) is 18.5 Å². The maximum atomic E-state index is 13.3. The minimum atomic E-state index is -0.843. The highest BCUT2D eigenvalue weighted by Gasteiger charge is 2.21. The molecule has 0 aliphatic carbocycles. The first-order valence-corrected chi connectivity index (χ1v) is 7.16. The average molecular weight is 314 g/mol. The Morgan fingerprint density at radius 2 is 2.00 bits per heavy atom. The van der Waals surface area contributed by atoms with Gasteiger partial charge in [0.15, 0.2) is 11.6 Å². The van der Waals surface area contributed by atoms with Gasteiger partial charge in [0.2, 0.25) is 0 Å². The summed E-state index contributed by atoms with van der Waals surface area (Å²) in [5.74, 6) is -1.68. The molecular weight excluding hydrogens is 296 g/mol. The molecule has 2 aromatic rings. The summed E-state index contributed by atoms with van der Waals surface area (Å²) in [4.78, 5) is 0. The molecule has 0 spiro atoms. The minimum Gasteiger partial charge on any atom is -0.311 e. The number of likely N-dealkylation sites (N-methyl/N-ethyl adjacent to an activating group) is 1. The second-order valence-electron chi connectivity index (χ2n) is 5.21. The van der Waals surface area contributed by atoms with Crippen LogP contribution in [0.4, 0.5) is 8.78 Å². The summed E-state index contributed by atoms with van der Waals surface area (Å²) in [5, 5.41) is 7.99. The Labute approximate surface area is 127 Å². The van der Waals surface area contributed by atoms with E-state index in [1.165, 1.54) is 6.07 Å². The lowest BCUT2D eigenvalue weighted by atomic mass is 10.0. The lowest BCUT2D eigenvalue weighted by molar-refractivity contribution is 0.458. The van der Waals surface area contributed by atoms with Crippen LogP contribution in [0.25, 0.3) is 0 Å². The van der Waals surface area contributed by atoms with Gasteiger partial charge in [-0.3, -0.25) is 4.68 Å². The molecule has 1 heterocycles. The van der Waals surface area contributed by atoms with Gasteiger partial charge in [0.25, 0.3) is 0 Å². The molecule has 2 rings (SSSR count). The van der Waals surface area contributed by atoms with Crippen molar-refractivity contribution in [1.29, 1.82) is 0 Å². The Kier molecular flexibility index (Phi) is 4.96. The van der Waals surface area contributed by atoms with E-state index in [2.05, 4.69) is 10.4 Å². The quantitative estimate of drug-likeness (QED) is 0.907. The van der Waals surface area contributed by atoms with Crippen molar-refractivity contribution in [3.8, 4) is 0 Å². The lowest BCUT2D eigenvalue weighted by Gasteiger charge is -2.20. The Hall–Kier alpha value is -1.46. The van der Waals surface area contributed by atoms with E-state index in [0.29, 0.717) is 17.0 Å². The molecule has 1 N–H and O–H groups in total. The van der Waals surface area contributed by atoms with Crippen molar-refractivity contribution in [2.45, 2.75) is 32.4 Å². The van der Waals surface area contributed by atoms with Crippen molar-refractivity contribution in [2.75, 3.05) is 7.05 Å². The first-order chi connectivity index (χ1) is 9.93. The maximum absolute atomic E-state index is 13.3. The standard InChI is InChI=1S/C15H18ClF2N3/c1-9(2)21-15(11(16)8-20-21)14(19-3)7-10-4-5-12(17)13(18)6-10/h4-6,8-9,14,19H,7H2,1-3H3. The van der Waals surface area contributed by atoms with Gasteiger partial charge in [0, 0.05) is 6.04 Å². The van der Waals surface area contributed by atoms with Crippen molar-refractivity contribution in [1.82, 2.24) is 15.1 Å². The van der Waals surface area contributed by atoms with Crippen LogP contribution in [0.15, 0.2) is 24.4 Å². The van der Waals surface area contributed by atoms with E-state index >= 15 is 0 Å². The SMILES string of the molecule is CNC(Cc1ccc(F)c(F)c1)c1c(Cl)cnn1C(C)C. The van der Waals surface area contributed by atoms with Crippen LogP contribution in [0, 0.1) is 11.6 Å². The molecule has 1 unspecified atom stereocenters. The van der Waals surface area contributed by atoms with Gasteiger partial charge in [-0.15, -0.1) is 0 Å². The third-order valence-electron chi connectivity index (χ3n) is 3.38. The lowest BCUT2D eigenvalue weighted by Crippen LogP contribution is -2.23. The second-order valence-corrected chi connectivity index (χ2v) is 5.62. The van der Waals surface area contributed by atoms with Crippen molar-refractivity contribution >= 4 is 11.6 Å². The summed E-state index contributed by atoms with van der Waals surface area (Å²) in [5.41, 5.74) is 1.54. The van der Waals surface area contributed by atoms with E-state index in [4.69, 9.17) is 11.6 Å². The summed E-state index contributed by atoms with van der Waals surface area (Å²) in [6.45, 7) is 4.02. The summed E-state index contributed by atoms with van der Waals surface area (Å²) in [7, 11) is 1.80. The molecule has 6 heteroatoms. The Bertz CT molecular complexity index is 625. The molecule has 3 nitrogen and oxygen atoms in total. The zero-order valence-corrected chi connectivity index (χ0v) is 13.0. The van der Waals surface area contributed by atoms with Gasteiger partial charge in [0.1, 0.15) is 0 Å². The molecule has 114 valence electrons. The fourth-order valence-corrected chi connectivity index (χ4v) is 2.59. The predicted molar refractivity (Wildman–Crippen MR) is 79.5 cm³/mol. The number of halogens is 3. The number of hydrogen-bond donors (Lipinski definition) is 1. The molecular formula is C15H18ClF2N3. The van der Waals surface area contributed by atoms with E-state index in [9.17, 15) is 8.78 Å². The summed E-state index contributed by atoms with van der Waals surface area (Å²) >= 11 is 6.23. The van der Waals surface area contributed by atoms with Crippen LogP contribution in [0.3, 0.4) is 0 Å². The van der Waals surface area contributed by atoms with Crippen molar-refractivity contribution in [3.63, 3.8) is 0 Å². The van der Waals surface area contributed by atoms with Crippen LogP contribution in [0.1, 0.15) is 37.2 Å². The molecule has 0 aliphatic heterocycles. The van der Waals surface area contributed by atoms with E-state index in [0.717, 1.165) is 11.8 Å². The number of rotatable bonds is 5. The maximum Gasteiger partial charge on any atom is 0.159 e. The minimum absolute atomic E-state index is 0.132. The summed E-state index contributed by atoms with van der Waals surface area (Å²) in [6.07, 6.45) is 2.10. The van der Waals surface area contributed by atoms with Gasteiger partial charge >= 0.3 is 0 Å². The molecule has 1 aromatic carbocycles. The van der Waals surface area contributed by atoms with Gasteiger partial charge in [-0.25, -0.2) is 8.78 Å². The van der Waals surface area contributed by atoms with Gasteiger partial charge in [-0.2, -0.15) is 5.10 Å². The predicted octanol–water partition coefficient (Wildman–Crippen LogP) is 3.90. The third kappa shape index (κ3) is 3.41. The first-order valence-electron chi connectivity index (χ1n) is 6.78. The third-order valence-corrected chi connectivity index (χ3v) is 3.67. The highest BCUT2D eigenvalue weighted by molar-refractivity contribution is 6.31. The van der Waals surface area contributed by atoms with Gasteiger partial charge < -0.3 is 5.32 Å². The normalized spacial score (nSPS) is 12.9. The zero-order valence-electron chi connectivity index (χ0n) is 12.2. The van der Waals surface area contributed by atoms with E-state index in [-0.39, 0.29) is 12.1 Å². The smallest absolute Gasteiger partial charge is 0.159 e. The number of hydrogen-bond acceptors (Lipinski definition) is 2. The van der Waals surface area contributed by atoms with Gasteiger partial charge in [0.05, 0.1) is 23.0 Å². The second kappa shape index (κ2) is 6.54. The Morgan fingerprint density at radius 3 is 2.57 bits per heavy atom. The summed E-state index contributed by atoms with van der Waals surface area (Å²) < 4.78 is 28.2. The molecule has 21 heavy (non-hydrogen) atoms. The monoisotopic (exact) mass is 313 g/mol. The topological polar surface area (TPSA) is 29.9 Å².